The van der Waals surface area contributed by atoms with Gasteiger partial charge in [0.15, 0.2) is 0 Å². The molecule has 1 aromatic rings. The Morgan fingerprint density at radius 3 is 1.77 bits per heavy atom. The second-order valence-electron chi connectivity index (χ2n) is 7.11. The van der Waals surface area contributed by atoms with Crippen molar-refractivity contribution in [2.45, 2.75) is 65.2 Å². The summed E-state index contributed by atoms with van der Waals surface area (Å²) in [7, 11) is 0. The molecule has 2 heterocycles. The standard InChI is InChI=1S/C20H30O2/c1-3-5-7-15-9-17-11-18-10-16(8-6-4-2)14-22-20(18)12-19(17)21-13-15/h11-12,15-16H,3-10,13-14H2,1-2H3. The maximum atomic E-state index is 6.01. The summed E-state index contributed by atoms with van der Waals surface area (Å²) in [5.41, 5.74) is 2.82. The second-order valence-corrected chi connectivity index (χ2v) is 7.11. The topological polar surface area (TPSA) is 18.5 Å². The van der Waals surface area contributed by atoms with E-state index < -0.39 is 0 Å². The number of benzene rings is 1. The molecule has 2 aliphatic heterocycles. The van der Waals surface area contributed by atoms with Crippen LogP contribution in [0.1, 0.15) is 63.5 Å². The van der Waals surface area contributed by atoms with Gasteiger partial charge in [0, 0.05) is 6.07 Å². The molecule has 0 bridgehead atoms. The summed E-state index contributed by atoms with van der Waals surface area (Å²) in [5.74, 6) is 3.54. The number of fused-ring (bicyclic) bond motifs is 2. The van der Waals surface area contributed by atoms with Crippen LogP contribution in [0.5, 0.6) is 11.5 Å². The van der Waals surface area contributed by atoms with Gasteiger partial charge in [-0.05, 0) is 54.7 Å². The molecule has 0 radical (unpaired) electrons. The zero-order valence-electron chi connectivity index (χ0n) is 14.2. The Balaban J connectivity index is 1.69. The Morgan fingerprint density at radius 2 is 1.32 bits per heavy atom. The molecule has 0 saturated carbocycles. The Kier molecular flexibility index (Phi) is 5.28. The number of unbranched alkanes of at least 4 members (excludes halogenated alkanes) is 2. The molecular formula is C20H30O2. The highest BCUT2D eigenvalue weighted by Gasteiger charge is 2.25. The molecule has 0 aromatic heterocycles. The van der Waals surface area contributed by atoms with Crippen molar-refractivity contribution in [1.82, 2.24) is 0 Å². The fourth-order valence-electron chi connectivity index (χ4n) is 3.76. The van der Waals surface area contributed by atoms with Crippen LogP contribution in [0.4, 0.5) is 0 Å². The largest absolute Gasteiger partial charge is 0.493 e. The lowest BCUT2D eigenvalue weighted by Gasteiger charge is -2.30. The number of ether oxygens (including phenoxy) is 2. The van der Waals surface area contributed by atoms with Crippen molar-refractivity contribution in [2.24, 2.45) is 11.8 Å². The van der Waals surface area contributed by atoms with Crippen LogP contribution in [0.3, 0.4) is 0 Å². The van der Waals surface area contributed by atoms with Gasteiger partial charge in [0.1, 0.15) is 11.5 Å². The molecule has 0 spiro atoms. The second kappa shape index (κ2) is 7.39. The van der Waals surface area contributed by atoms with Crippen LogP contribution in [0.15, 0.2) is 12.1 Å². The number of rotatable bonds is 6. The van der Waals surface area contributed by atoms with Crippen LogP contribution < -0.4 is 9.47 Å². The van der Waals surface area contributed by atoms with Gasteiger partial charge in [0.25, 0.3) is 0 Å². The summed E-state index contributed by atoms with van der Waals surface area (Å²) in [6.45, 7) is 6.29. The van der Waals surface area contributed by atoms with Crippen LogP contribution in [0.2, 0.25) is 0 Å². The van der Waals surface area contributed by atoms with E-state index in [9.17, 15) is 0 Å². The van der Waals surface area contributed by atoms with Crippen LogP contribution in [0.25, 0.3) is 0 Å². The van der Waals surface area contributed by atoms with Crippen LogP contribution in [-0.2, 0) is 12.8 Å². The third kappa shape index (κ3) is 3.59. The van der Waals surface area contributed by atoms with Crippen molar-refractivity contribution in [1.29, 1.82) is 0 Å². The molecule has 0 amide bonds. The van der Waals surface area contributed by atoms with Crippen molar-refractivity contribution in [3.63, 3.8) is 0 Å². The maximum Gasteiger partial charge on any atom is 0.126 e. The van der Waals surface area contributed by atoms with E-state index in [0.29, 0.717) is 11.8 Å². The normalized spacial score (nSPS) is 23.2. The zero-order valence-corrected chi connectivity index (χ0v) is 14.2. The van der Waals surface area contributed by atoms with Crippen molar-refractivity contribution < 1.29 is 9.47 Å². The first-order chi connectivity index (χ1) is 10.8. The molecular weight excluding hydrogens is 272 g/mol. The summed E-state index contributed by atoms with van der Waals surface area (Å²) in [6, 6.07) is 4.53. The van der Waals surface area contributed by atoms with Gasteiger partial charge in [-0.1, -0.05) is 39.5 Å². The van der Waals surface area contributed by atoms with Crippen molar-refractivity contribution in [3.05, 3.63) is 23.3 Å². The Bertz CT molecular complexity index is 453. The van der Waals surface area contributed by atoms with Gasteiger partial charge in [-0.25, -0.2) is 0 Å². The van der Waals surface area contributed by atoms with E-state index in [2.05, 4.69) is 26.0 Å². The average Bonchev–Trinajstić information content (AvgIpc) is 2.56. The van der Waals surface area contributed by atoms with E-state index in [-0.39, 0.29) is 0 Å². The Hall–Kier alpha value is -1.18. The molecule has 0 N–H and O–H groups in total. The minimum absolute atomic E-state index is 0.700. The number of hydrogen-bond donors (Lipinski definition) is 0. The van der Waals surface area contributed by atoms with Crippen LogP contribution in [-0.4, -0.2) is 13.2 Å². The van der Waals surface area contributed by atoms with Crippen molar-refractivity contribution in [3.8, 4) is 11.5 Å². The lowest BCUT2D eigenvalue weighted by atomic mass is 9.87. The smallest absolute Gasteiger partial charge is 0.126 e. The molecule has 2 unspecified atom stereocenters. The summed E-state index contributed by atoms with van der Waals surface area (Å²) in [5, 5.41) is 0. The zero-order chi connectivity index (χ0) is 15.4. The first-order valence-electron chi connectivity index (χ1n) is 9.21. The van der Waals surface area contributed by atoms with Crippen LogP contribution in [0, 0.1) is 11.8 Å². The first-order valence-corrected chi connectivity index (χ1v) is 9.21. The van der Waals surface area contributed by atoms with E-state index >= 15 is 0 Å². The molecule has 2 aliphatic rings. The monoisotopic (exact) mass is 302 g/mol. The van der Waals surface area contributed by atoms with Crippen LogP contribution >= 0.6 is 0 Å². The molecule has 0 aliphatic carbocycles. The molecule has 0 fully saturated rings. The van der Waals surface area contributed by atoms with Gasteiger partial charge in [0.05, 0.1) is 13.2 Å². The summed E-state index contributed by atoms with van der Waals surface area (Å²) in [6.07, 6.45) is 10.1. The lowest BCUT2D eigenvalue weighted by Crippen LogP contribution is -2.24. The lowest BCUT2D eigenvalue weighted by molar-refractivity contribution is 0.197. The Labute approximate surface area is 135 Å². The molecule has 22 heavy (non-hydrogen) atoms. The van der Waals surface area contributed by atoms with Crippen molar-refractivity contribution >= 4 is 0 Å². The molecule has 0 saturated heterocycles. The van der Waals surface area contributed by atoms with Gasteiger partial charge in [-0.3, -0.25) is 0 Å². The predicted molar refractivity (Wildman–Crippen MR) is 90.9 cm³/mol. The highest BCUT2D eigenvalue weighted by atomic mass is 16.5. The minimum atomic E-state index is 0.700. The molecule has 2 atom stereocenters. The molecule has 2 heteroatoms. The molecule has 2 nitrogen and oxygen atoms in total. The van der Waals surface area contributed by atoms with E-state index in [1.807, 2.05) is 0 Å². The highest BCUT2D eigenvalue weighted by Crippen LogP contribution is 2.38. The minimum Gasteiger partial charge on any atom is -0.493 e. The quantitative estimate of drug-likeness (QED) is 0.722. The SMILES string of the molecule is CCCCC1COc2cc3c(cc2C1)CC(CCCC)CO3. The van der Waals surface area contributed by atoms with Gasteiger partial charge < -0.3 is 9.47 Å². The summed E-state index contributed by atoms with van der Waals surface area (Å²) >= 11 is 0. The fourth-order valence-corrected chi connectivity index (χ4v) is 3.76. The van der Waals surface area contributed by atoms with E-state index in [0.717, 1.165) is 24.7 Å². The van der Waals surface area contributed by atoms with E-state index in [1.54, 1.807) is 0 Å². The third-order valence-electron chi connectivity index (χ3n) is 5.14. The average molecular weight is 302 g/mol. The Morgan fingerprint density at radius 1 is 0.818 bits per heavy atom. The fraction of sp³-hybridized carbons (Fsp3) is 0.700. The maximum absolute atomic E-state index is 6.01. The van der Waals surface area contributed by atoms with E-state index in [4.69, 9.17) is 9.47 Å². The third-order valence-corrected chi connectivity index (χ3v) is 5.14. The van der Waals surface area contributed by atoms with Crippen molar-refractivity contribution in [2.75, 3.05) is 13.2 Å². The van der Waals surface area contributed by atoms with Gasteiger partial charge in [-0.15, -0.1) is 0 Å². The van der Waals surface area contributed by atoms with Gasteiger partial charge in [-0.2, -0.15) is 0 Å². The first kappa shape index (κ1) is 15.7. The number of hydrogen-bond acceptors (Lipinski definition) is 2. The highest BCUT2D eigenvalue weighted by molar-refractivity contribution is 5.48. The summed E-state index contributed by atoms with van der Waals surface area (Å²) in [4.78, 5) is 0. The molecule has 1 aromatic carbocycles. The van der Waals surface area contributed by atoms with Gasteiger partial charge >= 0.3 is 0 Å². The van der Waals surface area contributed by atoms with E-state index in [1.165, 1.54) is 62.5 Å². The summed E-state index contributed by atoms with van der Waals surface area (Å²) < 4.78 is 12.0. The molecule has 3 rings (SSSR count). The predicted octanol–water partition coefficient (Wildman–Crippen LogP) is 5.17. The molecule has 122 valence electrons. The van der Waals surface area contributed by atoms with Gasteiger partial charge in [0.2, 0.25) is 0 Å².